The first-order chi connectivity index (χ1) is 16.3. The van der Waals surface area contributed by atoms with Crippen molar-refractivity contribution in [3.8, 4) is 5.75 Å². The minimum absolute atomic E-state index is 0.390. The van der Waals surface area contributed by atoms with Crippen LogP contribution in [0.15, 0.2) is 81.3 Å². The molecule has 2 N–H and O–H groups in total. The second-order valence-electron chi connectivity index (χ2n) is 7.38. The van der Waals surface area contributed by atoms with Crippen molar-refractivity contribution < 1.29 is 31.9 Å². The Bertz CT molecular complexity index is 1330. The van der Waals surface area contributed by atoms with Gasteiger partial charge in [0.05, 0.1) is 18.9 Å². The number of hydrogen-bond donors (Lipinski definition) is 1. The van der Waals surface area contributed by atoms with Crippen LogP contribution in [0.4, 0.5) is 0 Å². The fraction of sp³-hybridized carbons (Fsp3) is 0.174. The minimum atomic E-state index is -4.11. The second kappa shape index (κ2) is 9.49. The molecule has 1 aromatic heterocycles. The fourth-order valence-electron chi connectivity index (χ4n) is 3.48. The average molecular weight is 484 g/mol. The highest BCUT2D eigenvalue weighted by molar-refractivity contribution is 7.89. The molecule has 34 heavy (non-hydrogen) atoms. The van der Waals surface area contributed by atoms with Crippen molar-refractivity contribution in [2.45, 2.75) is 17.6 Å². The van der Waals surface area contributed by atoms with Gasteiger partial charge in [-0.15, -0.1) is 0 Å². The molecule has 1 unspecified atom stereocenters. The standard InChI is InChI=1S/C23H21N3O7S/c1-31-17-9-7-16(8-10-17)19-13-18(15-5-3-2-4-6-15)25-26(19)21(27)14-32-23(28)20-11-12-22(33-20)34(24,29)30/h2-12,19H,13-14H2,1H3,(H2,24,29,30). The predicted octanol–water partition coefficient (Wildman–Crippen LogP) is 2.47. The monoisotopic (exact) mass is 483 g/mol. The molecule has 11 heteroatoms. The summed E-state index contributed by atoms with van der Waals surface area (Å²) >= 11 is 0. The molecule has 0 bridgehead atoms. The number of hydrogen-bond acceptors (Lipinski definition) is 8. The molecule has 1 atom stereocenters. The lowest BCUT2D eigenvalue weighted by molar-refractivity contribution is -0.136. The SMILES string of the molecule is COc1ccc(C2CC(c3ccccc3)=NN2C(=O)COC(=O)c2ccc(S(N)(=O)=O)o2)cc1. The van der Waals surface area contributed by atoms with Crippen LogP contribution in [-0.2, 0) is 19.6 Å². The summed E-state index contributed by atoms with van der Waals surface area (Å²) in [6, 6.07) is 18.4. The van der Waals surface area contributed by atoms with E-state index in [0.29, 0.717) is 17.9 Å². The van der Waals surface area contributed by atoms with Gasteiger partial charge in [0.15, 0.2) is 6.61 Å². The van der Waals surface area contributed by atoms with Gasteiger partial charge in [-0.25, -0.2) is 23.4 Å². The molecule has 0 fully saturated rings. The third kappa shape index (κ3) is 5.00. The molecule has 2 heterocycles. The van der Waals surface area contributed by atoms with E-state index in [0.717, 1.165) is 23.3 Å². The highest BCUT2D eigenvalue weighted by atomic mass is 32.2. The Morgan fingerprint density at radius 1 is 1.09 bits per heavy atom. The number of amides is 1. The van der Waals surface area contributed by atoms with Crippen molar-refractivity contribution in [2.24, 2.45) is 10.2 Å². The van der Waals surface area contributed by atoms with Gasteiger partial charge in [0.1, 0.15) is 5.75 Å². The number of hydrazone groups is 1. The summed E-state index contributed by atoms with van der Waals surface area (Å²) in [5, 5.41) is 10.2. The van der Waals surface area contributed by atoms with Crippen LogP contribution in [0.5, 0.6) is 5.75 Å². The summed E-state index contributed by atoms with van der Waals surface area (Å²) in [7, 11) is -2.55. The van der Waals surface area contributed by atoms with E-state index in [1.54, 1.807) is 19.2 Å². The fourth-order valence-corrected chi connectivity index (χ4v) is 3.94. The van der Waals surface area contributed by atoms with Crippen molar-refractivity contribution in [3.63, 3.8) is 0 Å². The van der Waals surface area contributed by atoms with Crippen molar-refractivity contribution in [1.82, 2.24) is 5.01 Å². The van der Waals surface area contributed by atoms with Gasteiger partial charge < -0.3 is 13.9 Å². The van der Waals surface area contributed by atoms with Gasteiger partial charge in [-0.1, -0.05) is 42.5 Å². The Morgan fingerprint density at radius 2 is 1.79 bits per heavy atom. The topological polar surface area (TPSA) is 142 Å². The molecule has 0 radical (unpaired) electrons. The maximum absolute atomic E-state index is 13.0. The third-order valence-corrected chi connectivity index (χ3v) is 5.94. The molecule has 10 nitrogen and oxygen atoms in total. The summed E-state index contributed by atoms with van der Waals surface area (Å²) in [6.07, 6.45) is 0.464. The van der Waals surface area contributed by atoms with E-state index < -0.39 is 45.4 Å². The van der Waals surface area contributed by atoms with Crippen molar-refractivity contribution >= 4 is 27.6 Å². The maximum atomic E-state index is 13.0. The molecule has 0 aliphatic carbocycles. The molecule has 0 spiro atoms. The smallest absolute Gasteiger partial charge is 0.374 e. The normalized spacial score (nSPS) is 15.6. The van der Waals surface area contributed by atoms with Crippen LogP contribution < -0.4 is 9.88 Å². The number of sulfonamides is 1. The summed E-state index contributed by atoms with van der Waals surface area (Å²) in [5.41, 5.74) is 2.42. The van der Waals surface area contributed by atoms with E-state index in [4.69, 9.17) is 19.0 Å². The predicted molar refractivity (Wildman–Crippen MR) is 121 cm³/mol. The van der Waals surface area contributed by atoms with Crippen molar-refractivity contribution in [3.05, 3.63) is 83.6 Å². The number of ether oxygens (including phenoxy) is 2. The summed E-state index contributed by atoms with van der Waals surface area (Å²) < 4.78 is 37.8. The highest BCUT2D eigenvalue weighted by Crippen LogP contribution is 2.33. The number of nitrogens with zero attached hydrogens (tertiary/aromatic N) is 2. The first-order valence-corrected chi connectivity index (χ1v) is 11.7. The summed E-state index contributed by atoms with van der Waals surface area (Å²) in [5.74, 6) is -1.28. The average Bonchev–Trinajstić information content (AvgIpc) is 3.51. The van der Waals surface area contributed by atoms with Gasteiger partial charge in [-0.3, -0.25) is 4.79 Å². The molecule has 1 aliphatic rings. The van der Waals surface area contributed by atoms with Gasteiger partial charge in [0.2, 0.25) is 10.9 Å². The molecular weight excluding hydrogens is 462 g/mol. The molecule has 1 amide bonds. The number of carbonyl (C=O) groups is 2. The number of methoxy groups -OCH3 is 1. The number of benzene rings is 2. The lowest BCUT2D eigenvalue weighted by atomic mass is 9.98. The van der Waals surface area contributed by atoms with Gasteiger partial charge >= 0.3 is 5.97 Å². The van der Waals surface area contributed by atoms with E-state index in [-0.39, 0.29) is 0 Å². The molecule has 0 saturated heterocycles. The number of nitrogens with two attached hydrogens (primary N) is 1. The number of esters is 1. The third-order valence-electron chi connectivity index (χ3n) is 5.16. The zero-order valence-electron chi connectivity index (χ0n) is 18.1. The summed E-state index contributed by atoms with van der Waals surface area (Å²) in [6.45, 7) is -0.623. The number of rotatable bonds is 7. The first kappa shape index (κ1) is 23.2. The first-order valence-electron chi connectivity index (χ1n) is 10.1. The Labute approximate surface area is 195 Å². The molecular formula is C23H21N3O7S. The zero-order valence-corrected chi connectivity index (χ0v) is 18.9. The van der Waals surface area contributed by atoms with Crippen LogP contribution in [0.2, 0.25) is 0 Å². The number of carbonyl (C=O) groups excluding carboxylic acids is 2. The van der Waals surface area contributed by atoms with Crippen molar-refractivity contribution in [2.75, 3.05) is 13.7 Å². The van der Waals surface area contributed by atoms with Gasteiger partial charge in [0.25, 0.3) is 15.9 Å². The van der Waals surface area contributed by atoms with Crippen LogP contribution in [-0.4, -0.2) is 44.7 Å². The lowest BCUT2D eigenvalue weighted by Crippen LogP contribution is -2.31. The van der Waals surface area contributed by atoms with Crippen LogP contribution in [0.1, 0.15) is 34.1 Å². The minimum Gasteiger partial charge on any atom is -0.497 e. The maximum Gasteiger partial charge on any atom is 0.374 e. The Balaban J connectivity index is 1.52. The van der Waals surface area contributed by atoms with Gasteiger partial charge in [0, 0.05) is 6.42 Å². The van der Waals surface area contributed by atoms with E-state index >= 15 is 0 Å². The summed E-state index contributed by atoms with van der Waals surface area (Å²) in [4.78, 5) is 25.2. The molecule has 3 aromatic rings. The van der Waals surface area contributed by atoms with Crippen LogP contribution in [0, 0.1) is 0 Å². The molecule has 2 aromatic carbocycles. The van der Waals surface area contributed by atoms with Crippen LogP contribution >= 0.6 is 0 Å². The van der Waals surface area contributed by atoms with E-state index in [9.17, 15) is 18.0 Å². The molecule has 176 valence electrons. The van der Waals surface area contributed by atoms with E-state index in [2.05, 4.69) is 5.10 Å². The lowest BCUT2D eigenvalue weighted by Gasteiger charge is -2.22. The van der Waals surface area contributed by atoms with Crippen LogP contribution in [0.3, 0.4) is 0 Å². The van der Waals surface area contributed by atoms with Gasteiger partial charge in [-0.2, -0.15) is 5.10 Å². The van der Waals surface area contributed by atoms with Crippen molar-refractivity contribution in [1.29, 1.82) is 0 Å². The van der Waals surface area contributed by atoms with E-state index in [1.165, 1.54) is 5.01 Å². The number of primary sulfonamides is 1. The molecule has 0 saturated carbocycles. The van der Waals surface area contributed by atoms with E-state index in [1.807, 2.05) is 42.5 Å². The number of furan rings is 1. The second-order valence-corrected chi connectivity index (χ2v) is 8.88. The molecule has 1 aliphatic heterocycles. The Hall–Kier alpha value is -3.96. The van der Waals surface area contributed by atoms with Gasteiger partial charge in [-0.05, 0) is 35.4 Å². The molecule has 4 rings (SSSR count). The largest absolute Gasteiger partial charge is 0.497 e. The Morgan fingerprint density at radius 3 is 2.41 bits per heavy atom. The Kier molecular flexibility index (Phi) is 6.48. The zero-order chi connectivity index (χ0) is 24.3. The highest BCUT2D eigenvalue weighted by Gasteiger charge is 2.34. The van der Waals surface area contributed by atoms with Crippen LogP contribution in [0.25, 0.3) is 0 Å². The quantitative estimate of drug-likeness (QED) is 0.509.